The Balaban J connectivity index is 2.35. The summed E-state index contributed by atoms with van der Waals surface area (Å²) in [7, 11) is 0. The molecule has 3 N–H and O–H groups in total. The molecule has 3 nitrogen and oxygen atoms in total. The van der Waals surface area contributed by atoms with E-state index < -0.39 is 12.3 Å². The molecule has 0 aromatic carbocycles. The molecule has 12 heavy (non-hydrogen) atoms. The fourth-order valence-electron chi connectivity index (χ4n) is 1.41. The number of carbonyl (C=O) groups is 1. The minimum absolute atomic E-state index is 0.160. The van der Waals surface area contributed by atoms with Crippen molar-refractivity contribution in [1.82, 2.24) is 5.32 Å². The van der Waals surface area contributed by atoms with Gasteiger partial charge in [-0.25, -0.2) is 0 Å². The first kappa shape index (κ1) is 9.38. The molecule has 0 aromatic rings. The molecular formula is C7H12F2N2O. The van der Waals surface area contributed by atoms with E-state index in [1.165, 1.54) is 0 Å². The second kappa shape index (κ2) is 3.80. The average Bonchev–Trinajstić information content (AvgIpc) is 2.36. The van der Waals surface area contributed by atoms with Crippen LogP contribution >= 0.6 is 0 Å². The van der Waals surface area contributed by atoms with Crippen LogP contribution in [-0.4, -0.2) is 24.4 Å². The number of hydrogen-bond acceptors (Lipinski definition) is 2. The minimum atomic E-state index is -2.93. The fourth-order valence-corrected chi connectivity index (χ4v) is 1.41. The van der Waals surface area contributed by atoms with Gasteiger partial charge in [0.25, 0.3) is 5.91 Å². The molecule has 1 rings (SSSR count). The summed E-state index contributed by atoms with van der Waals surface area (Å²) in [5.41, 5.74) is 5.57. The number of alkyl halides is 2. The van der Waals surface area contributed by atoms with Crippen molar-refractivity contribution in [2.75, 3.05) is 0 Å². The van der Waals surface area contributed by atoms with E-state index >= 15 is 0 Å². The normalized spacial score (nSPS) is 29.3. The van der Waals surface area contributed by atoms with Gasteiger partial charge in [0.2, 0.25) is 0 Å². The molecule has 0 spiro atoms. The molecule has 1 amide bonds. The van der Waals surface area contributed by atoms with Crippen LogP contribution in [0.5, 0.6) is 0 Å². The molecule has 0 bridgehead atoms. The molecular weight excluding hydrogens is 166 g/mol. The summed E-state index contributed by atoms with van der Waals surface area (Å²) in [4.78, 5) is 10.5. The smallest absolute Gasteiger partial charge is 0.315 e. The third-order valence-corrected chi connectivity index (χ3v) is 2.10. The maximum Gasteiger partial charge on any atom is 0.315 e. The Bertz CT molecular complexity index is 175. The highest BCUT2D eigenvalue weighted by atomic mass is 19.3. The Morgan fingerprint density at radius 2 is 2.17 bits per heavy atom. The molecule has 1 fully saturated rings. The molecule has 1 saturated carbocycles. The maximum absolute atomic E-state index is 11.8. The van der Waals surface area contributed by atoms with Crippen LogP contribution in [0.1, 0.15) is 19.3 Å². The first-order chi connectivity index (χ1) is 5.61. The van der Waals surface area contributed by atoms with Gasteiger partial charge in [0.15, 0.2) is 0 Å². The van der Waals surface area contributed by atoms with Crippen LogP contribution in [0, 0.1) is 0 Å². The van der Waals surface area contributed by atoms with Crippen LogP contribution < -0.4 is 11.1 Å². The number of nitrogens with one attached hydrogen (secondary N) is 1. The molecule has 0 saturated heterocycles. The summed E-state index contributed by atoms with van der Waals surface area (Å²) in [6.07, 6.45) is -0.527. The van der Waals surface area contributed by atoms with Crippen molar-refractivity contribution in [2.45, 2.75) is 37.8 Å². The number of rotatable bonds is 2. The van der Waals surface area contributed by atoms with Gasteiger partial charge < -0.3 is 11.1 Å². The number of amides is 1. The minimum Gasteiger partial charge on any atom is -0.347 e. The Hall–Kier alpha value is -0.710. The monoisotopic (exact) mass is 178 g/mol. The van der Waals surface area contributed by atoms with Gasteiger partial charge in [-0.05, 0) is 19.3 Å². The second-order valence-electron chi connectivity index (χ2n) is 3.01. The number of carbonyl (C=O) groups excluding carboxylic acids is 1. The van der Waals surface area contributed by atoms with Crippen molar-refractivity contribution in [3.8, 4) is 0 Å². The van der Waals surface area contributed by atoms with E-state index in [1.54, 1.807) is 0 Å². The molecule has 1 aliphatic rings. The predicted octanol–water partition coefficient (Wildman–Crippen LogP) is 0.247. The summed E-state index contributed by atoms with van der Waals surface area (Å²) in [6.45, 7) is 0. The van der Waals surface area contributed by atoms with E-state index in [0.29, 0.717) is 6.42 Å². The zero-order chi connectivity index (χ0) is 9.14. The lowest BCUT2D eigenvalue weighted by Gasteiger charge is -2.16. The highest BCUT2D eigenvalue weighted by molar-refractivity contribution is 5.79. The number of halogens is 2. The summed E-state index contributed by atoms with van der Waals surface area (Å²) in [6, 6.07) is -0.417. The van der Waals surface area contributed by atoms with Gasteiger partial charge in [-0.1, -0.05) is 0 Å². The topological polar surface area (TPSA) is 55.1 Å². The third-order valence-electron chi connectivity index (χ3n) is 2.10. The van der Waals surface area contributed by atoms with Gasteiger partial charge in [-0.2, -0.15) is 8.78 Å². The molecule has 5 heteroatoms. The van der Waals surface area contributed by atoms with E-state index in [-0.39, 0.29) is 12.1 Å². The van der Waals surface area contributed by atoms with E-state index in [9.17, 15) is 13.6 Å². The highest BCUT2D eigenvalue weighted by Crippen LogP contribution is 2.17. The molecule has 0 aromatic heterocycles. The van der Waals surface area contributed by atoms with Crippen molar-refractivity contribution >= 4 is 5.91 Å². The molecule has 1 aliphatic carbocycles. The first-order valence-corrected chi connectivity index (χ1v) is 3.95. The van der Waals surface area contributed by atoms with Crippen molar-refractivity contribution in [1.29, 1.82) is 0 Å². The Kier molecular flexibility index (Phi) is 2.97. The lowest BCUT2D eigenvalue weighted by Crippen LogP contribution is -2.46. The summed E-state index contributed by atoms with van der Waals surface area (Å²) < 4.78 is 23.5. The van der Waals surface area contributed by atoms with Crippen molar-refractivity contribution in [2.24, 2.45) is 5.73 Å². The van der Waals surface area contributed by atoms with Gasteiger partial charge >= 0.3 is 6.43 Å². The number of nitrogens with two attached hydrogens (primary N) is 1. The van der Waals surface area contributed by atoms with Crippen molar-refractivity contribution in [3.63, 3.8) is 0 Å². The van der Waals surface area contributed by atoms with Crippen molar-refractivity contribution < 1.29 is 13.6 Å². The van der Waals surface area contributed by atoms with Crippen molar-refractivity contribution in [3.05, 3.63) is 0 Å². The largest absolute Gasteiger partial charge is 0.347 e. The Labute approximate surface area is 69.3 Å². The van der Waals surface area contributed by atoms with Gasteiger partial charge in [0.1, 0.15) is 0 Å². The third kappa shape index (κ3) is 2.14. The SMILES string of the molecule is NC1CCCC1NC(=O)C(F)F. The van der Waals surface area contributed by atoms with E-state index in [0.717, 1.165) is 12.8 Å². The summed E-state index contributed by atoms with van der Waals surface area (Å²) in [5, 5.41) is 2.21. The molecule has 0 aliphatic heterocycles. The molecule has 70 valence electrons. The van der Waals surface area contributed by atoms with Gasteiger partial charge in [-0.3, -0.25) is 4.79 Å². The lowest BCUT2D eigenvalue weighted by atomic mass is 10.2. The quantitative estimate of drug-likeness (QED) is 0.636. The van der Waals surface area contributed by atoms with E-state index in [4.69, 9.17) is 5.73 Å². The van der Waals surface area contributed by atoms with Crippen LogP contribution in [0.3, 0.4) is 0 Å². The first-order valence-electron chi connectivity index (χ1n) is 3.95. The zero-order valence-electron chi connectivity index (χ0n) is 6.59. The molecule has 0 radical (unpaired) electrons. The standard InChI is InChI=1S/C7H12F2N2O/c8-6(9)7(12)11-5-3-1-2-4(5)10/h4-6H,1-3,10H2,(H,11,12). The highest BCUT2D eigenvalue weighted by Gasteiger charge is 2.27. The summed E-state index contributed by atoms with van der Waals surface area (Å²) in [5.74, 6) is -1.21. The Morgan fingerprint density at radius 1 is 1.50 bits per heavy atom. The predicted molar refractivity (Wildman–Crippen MR) is 39.8 cm³/mol. The van der Waals surface area contributed by atoms with Gasteiger partial charge in [-0.15, -0.1) is 0 Å². The summed E-state index contributed by atoms with van der Waals surface area (Å²) >= 11 is 0. The Morgan fingerprint density at radius 3 is 2.58 bits per heavy atom. The van der Waals surface area contributed by atoms with Gasteiger partial charge in [0.05, 0.1) is 0 Å². The van der Waals surface area contributed by atoms with Gasteiger partial charge in [0, 0.05) is 12.1 Å². The lowest BCUT2D eigenvalue weighted by molar-refractivity contribution is -0.132. The average molecular weight is 178 g/mol. The van der Waals surface area contributed by atoms with E-state index in [1.807, 2.05) is 0 Å². The number of hydrogen-bond donors (Lipinski definition) is 2. The van der Waals surface area contributed by atoms with Crippen LogP contribution in [0.4, 0.5) is 8.78 Å². The molecule has 2 unspecified atom stereocenters. The molecule has 2 atom stereocenters. The van der Waals surface area contributed by atoms with Crippen LogP contribution in [-0.2, 0) is 4.79 Å². The zero-order valence-corrected chi connectivity index (χ0v) is 6.59. The fraction of sp³-hybridized carbons (Fsp3) is 0.857. The van der Waals surface area contributed by atoms with E-state index in [2.05, 4.69) is 5.32 Å². The van der Waals surface area contributed by atoms with Crippen LogP contribution in [0.25, 0.3) is 0 Å². The second-order valence-corrected chi connectivity index (χ2v) is 3.01. The molecule has 0 heterocycles. The van der Waals surface area contributed by atoms with Crippen LogP contribution in [0.15, 0.2) is 0 Å². The maximum atomic E-state index is 11.8. The van der Waals surface area contributed by atoms with Crippen LogP contribution in [0.2, 0.25) is 0 Å².